The van der Waals surface area contributed by atoms with Crippen LogP contribution in [0.3, 0.4) is 0 Å². The number of aliphatic imine (C=N–C) groups is 1. The first-order valence-electron chi connectivity index (χ1n) is 8.97. The first-order chi connectivity index (χ1) is 12.0. The van der Waals surface area contributed by atoms with Crippen LogP contribution < -0.4 is 20.3 Å². The van der Waals surface area contributed by atoms with Crippen LogP contribution in [-0.2, 0) is 4.74 Å². The van der Waals surface area contributed by atoms with Crippen LogP contribution in [0, 0.1) is 0 Å². The van der Waals surface area contributed by atoms with Crippen molar-refractivity contribution in [2.75, 3.05) is 45.3 Å². The van der Waals surface area contributed by atoms with Crippen molar-refractivity contribution in [3.63, 3.8) is 0 Å². The van der Waals surface area contributed by atoms with Crippen LogP contribution in [0.2, 0.25) is 0 Å². The molecule has 1 aliphatic heterocycles. The number of methoxy groups -OCH3 is 2. The number of halogens is 1. The minimum absolute atomic E-state index is 0. The Morgan fingerprint density at radius 2 is 2.04 bits per heavy atom. The van der Waals surface area contributed by atoms with E-state index in [4.69, 9.17) is 9.47 Å². The summed E-state index contributed by atoms with van der Waals surface area (Å²) in [5.41, 5.74) is 0.887. The molecule has 0 aromatic heterocycles. The molecule has 1 aliphatic rings. The van der Waals surface area contributed by atoms with Crippen LogP contribution in [0.4, 0.5) is 5.69 Å². The van der Waals surface area contributed by atoms with E-state index >= 15 is 0 Å². The lowest BCUT2D eigenvalue weighted by atomic mass is 10.1. The minimum atomic E-state index is -0.262. The lowest BCUT2D eigenvalue weighted by Gasteiger charge is -2.23. The zero-order chi connectivity index (χ0) is 18.3. The number of nitrogens with one attached hydrogen (secondary N) is 2. The SMILES string of the molecule is CCNC(=NCC(C)(C)OC)NC1CCN(c2ccccc2OC)C1.I. The molecule has 1 atom stereocenters. The monoisotopic (exact) mass is 476 g/mol. The molecule has 148 valence electrons. The highest BCUT2D eigenvalue weighted by atomic mass is 127. The summed E-state index contributed by atoms with van der Waals surface area (Å²) < 4.78 is 10.9. The van der Waals surface area contributed by atoms with Gasteiger partial charge < -0.3 is 25.0 Å². The van der Waals surface area contributed by atoms with Crippen LogP contribution in [-0.4, -0.2) is 58.0 Å². The van der Waals surface area contributed by atoms with E-state index in [2.05, 4.69) is 39.6 Å². The molecule has 2 N–H and O–H groups in total. The number of nitrogens with zero attached hydrogens (tertiary/aromatic N) is 2. The quantitative estimate of drug-likeness (QED) is 0.360. The van der Waals surface area contributed by atoms with Crippen molar-refractivity contribution in [2.45, 2.75) is 38.8 Å². The molecule has 2 rings (SSSR count). The van der Waals surface area contributed by atoms with Gasteiger partial charge >= 0.3 is 0 Å². The Morgan fingerprint density at radius 1 is 1.31 bits per heavy atom. The van der Waals surface area contributed by atoms with E-state index in [1.807, 2.05) is 26.0 Å². The Bertz CT molecular complexity index is 580. The van der Waals surface area contributed by atoms with Crippen molar-refractivity contribution in [3.8, 4) is 5.75 Å². The molecule has 7 heteroatoms. The van der Waals surface area contributed by atoms with Crippen molar-refractivity contribution in [1.29, 1.82) is 0 Å². The van der Waals surface area contributed by atoms with E-state index in [-0.39, 0.29) is 29.6 Å². The van der Waals surface area contributed by atoms with Crippen LogP contribution in [0.15, 0.2) is 29.3 Å². The first kappa shape index (κ1) is 22.8. The number of rotatable bonds is 7. The Balaban J connectivity index is 0.00000338. The number of anilines is 1. The molecule has 1 fully saturated rings. The van der Waals surface area contributed by atoms with Gasteiger partial charge in [0, 0.05) is 32.8 Å². The first-order valence-corrected chi connectivity index (χ1v) is 8.97. The Morgan fingerprint density at radius 3 is 2.69 bits per heavy atom. The van der Waals surface area contributed by atoms with Gasteiger partial charge in [0.05, 0.1) is 24.9 Å². The van der Waals surface area contributed by atoms with Gasteiger partial charge in [-0.3, -0.25) is 4.99 Å². The lowest BCUT2D eigenvalue weighted by Crippen LogP contribution is -2.45. The summed E-state index contributed by atoms with van der Waals surface area (Å²) in [7, 11) is 3.44. The third-order valence-corrected chi connectivity index (χ3v) is 4.47. The van der Waals surface area contributed by atoms with Crippen molar-refractivity contribution in [1.82, 2.24) is 10.6 Å². The van der Waals surface area contributed by atoms with Crippen molar-refractivity contribution < 1.29 is 9.47 Å². The maximum atomic E-state index is 5.49. The molecule has 0 radical (unpaired) electrons. The molecule has 6 nitrogen and oxygen atoms in total. The molecule has 1 aromatic carbocycles. The van der Waals surface area contributed by atoms with Gasteiger partial charge in [0.15, 0.2) is 5.96 Å². The van der Waals surface area contributed by atoms with Crippen molar-refractivity contribution >= 4 is 35.6 Å². The van der Waals surface area contributed by atoms with E-state index in [0.717, 1.165) is 43.5 Å². The summed E-state index contributed by atoms with van der Waals surface area (Å²) in [4.78, 5) is 7.04. The third kappa shape index (κ3) is 6.50. The Labute approximate surface area is 174 Å². The van der Waals surface area contributed by atoms with Crippen molar-refractivity contribution in [3.05, 3.63) is 24.3 Å². The van der Waals surface area contributed by atoms with E-state index < -0.39 is 0 Å². The number of guanidine groups is 1. The fourth-order valence-corrected chi connectivity index (χ4v) is 2.84. The summed E-state index contributed by atoms with van der Waals surface area (Å²) in [5.74, 6) is 1.77. The molecule has 0 aliphatic carbocycles. The topological polar surface area (TPSA) is 58.1 Å². The molecular weight excluding hydrogens is 443 g/mol. The van der Waals surface area contributed by atoms with E-state index in [1.165, 1.54) is 0 Å². The Kier molecular flexibility index (Phi) is 9.49. The van der Waals surface area contributed by atoms with Gasteiger partial charge in [-0.05, 0) is 39.3 Å². The second-order valence-electron chi connectivity index (χ2n) is 6.91. The van der Waals surface area contributed by atoms with Gasteiger partial charge in [-0.25, -0.2) is 0 Å². The van der Waals surface area contributed by atoms with Crippen LogP contribution in [0.1, 0.15) is 27.2 Å². The summed E-state index contributed by atoms with van der Waals surface area (Å²) in [6.07, 6.45) is 1.07. The average Bonchev–Trinajstić information content (AvgIpc) is 3.08. The normalized spacial score (nSPS) is 17.7. The highest BCUT2D eigenvalue weighted by molar-refractivity contribution is 14.0. The van der Waals surface area contributed by atoms with Gasteiger partial charge in [-0.1, -0.05) is 12.1 Å². The highest BCUT2D eigenvalue weighted by Crippen LogP contribution is 2.30. The maximum absolute atomic E-state index is 5.49. The van der Waals surface area contributed by atoms with E-state index in [1.54, 1.807) is 14.2 Å². The average molecular weight is 476 g/mol. The Hall–Kier alpha value is -1.22. The smallest absolute Gasteiger partial charge is 0.191 e. The summed E-state index contributed by atoms with van der Waals surface area (Å²) in [6.45, 7) is 9.54. The molecule has 0 amide bonds. The molecule has 0 bridgehead atoms. The standard InChI is InChI=1S/C19H32N4O2.HI/c1-6-20-18(21-14-19(2,3)25-5)22-15-11-12-23(13-15)16-9-7-8-10-17(16)24-4;/h7-10,15H,6,11-14H2,1-5H3,(H2,20,21,22);1H. The fraction of sp³-hybridized carbons (Fsp3) is 0.632. The van der Waals surface area contributed by atoms with Gasteiger partial charge in [-0.2, -0.15) is 0 Å². The van der Waals surface area contributed by atoms with Crippen LogP contribution in [0.5, 0.6) is 5.75 Å². The number of benzene rings is 1. The number of hydrogen-bond acceptors (Lipinski definition) is 4. The molecule has 0 saturated carbocycles. The van der Waals surface area contributed by atoms with Gasteiger partial charge in [0.1, 0.15) is 5.75 Å². The fourth-order valence-electron chi connectivity index (χ4n) is 2.84. The molecule has 1 aromatic rings. The predicted octanol–water partition coefficient (Wildman–Crippen LogP) is 2.87. The van der Waals surface area contributed by atoms with Gasteiger partial charge in [0.25, 0.3) is 0 Å². The maximum Gasteiger partial charge on any atom is 0.191 e. The van der Waals surface area contributed by atoms with Gasteiger partial charge in [-0.15, -0.1) is 24.0 Å². The summed E-state index contributed by atoms with van der Waals surface area (Å²) in [6, 6.07) is 8.53. The molecule has 1 unspecified atom stereocenters. The van der Waals surface area contributed by atoms with Crippen LogP contribution >= 0.6 is 24.0 Å². The third-order valence-electron chi connectivity index (χ3n) is 4.47. The second-order valence-corrected chi connectivity index (χ2v) is 6.91. The zero-order valence-electron chi connectivity index (χ0n) is 16.5. The van der Waals surface area contributed by atoms with Gasteiger partial charge in [0.2, 0.25) is 0 Å². The van der Waals surface area contributed by atoms with Crippen LogP contribution in [0.25, 0.3) is 0 Å². The second kappa shape index (κ2) is 10.8. The molecular formula is C19H33IN4O2. The summed E-state index contributed by atoms with van der Waals surface area (Å²) in [5, 5.41) is 6.88. The molecule has 26 heavy (non-hydrogen) atoms. The number of ether oxygens (including phenoxy) is 2. The zero-order valence-corrected chi connectivity index (χ0v) is 18.9. The number of para-hydroxylation sites is 2. The lowest BCUT2D eigenvalue weighted by molar-refractivity contribution is 0.0310. The molecule has 0 spiro atoms. The molecule has 1 saturated heterocycles. The van der Waals surface area contributed by atoms with E-state index in [0.29, 0.717) is 12.6 Å². The number of hydrogen-bond donors (Lipinski definition) is 2. The predicted molar refractivity (Wildman–Crippen MR) is 119 cm³/mol. The molecule has 1 heterocycles. The largest absolute Gasteiger partial charge is 0.495 e. The summed E-state index contributed by atoms with van der Waals surface area (Å²) >= 11 is 0. The van der Waals surface area contributed by atoms with Crippen molar-refractivity contribution in [2.24, 2.45) is 4.99 Å². The van der Waals surface area contributed by atoms with E-state index in [9.17, 15) is 0 Å². The highest BCUT2D eigenvalue weighted by Gasteiger charge is 2.25. The minimum Gasteiger partial charge on any atom is -0.495 e.